The van der Waals surface area contributed by atoms with Crippen molar-refractivity contribution in [1.29, 1.82) is 0 Å². The van der Waals surface area contributed by atoms with Crippen LogP contribution in [0, 0.1) is 0 Å². The van der Waals surface area contributed by atoms with Crippen LogP contribution in [0.5, 0.6) is 0 Å². The van der Waals surface area contributed by atoms with Crippen LogP contribution in [0.2, 0.25) is 0 Å². The van der Waals surface area contributed by atoms with E-state index in [1.807, 2.05) is 18.2 Å². The number of aromatic nitrogens is 3. The number of nitrogens with zero attached hydrogens (tertiary/aromatic N) is 3. The van der Waals surface area contributed by atoms with Crippen molar-refractivity contribution in [2.75, 3.05) is 0 Å². The van der Waals surface area contributed by atoms with Gasteiger partial charge in [-0.15, -0.1) is 5.10 Å². The van der Waals surface area contributed by atoms with E-state index >= 15 is 0 Å². The maximum atomic E-state index is 4.38. The molecule has 0 amide bonds. The van der Waals surface area contributed by atoms with E-state index in [2.05, 4.69) is 87.6 Å². The summed E-state index contributed by atoms with van der Waals surface area (Å²) in [5.41, 5.74) is 2.95. The van der Waals surface area contributed by atoms with Gasteiger partial charge in [0, 0.05) is 11.5 Å². The van der Waals surface area contributed by atoms with Gasteiger partial charge in [-0.25, -0.2) is 0 Å². The Bertz CT molecular complexity index is 795. The number of hydrogen-bond acceptors (Lipinski definition) is 4. The zero-order chi connectivity index (χ0) is 16.2. The summed E-state index contributed by atoms with van der Waals surface area (Å²) in [6, 6.07) is 31.3. The first-order valence-electron chi connectivity index (χ1n) is 7.74. The van der Waals surface area contributed by atoms with Gasteiger partial charge in [-0.05, 0) is 21.9 Å². The molecule has 0 atom stereocenters. The van der Waals surface area contributed by atoms with Crippen LogP contribution in [-0.2, 0) is 5.41 Å². The molecule has 4 rings (SSSR count). The van der Waals surface area contributed by atoms with Gasteiger partial charge in [0.2, 0.25) is 0 Å². The van der Waals surface area contributed by atoms with Gasteiger partial charge in [0.25, 0.3) is 0 Å². The average Bonchev–Trinajstić information content (AvgIpc) is 3.20. The van der Waals surface area contributed by atoms with Crippen LogP contribution in [0.3, 0.4) is 0 Å². The number of hydrogen-bond donors (Lipinski definition) is 0. The normalized spacial score (nSPS) is 11.3. The van der Waals surface area contributed by atoms with Gasteiger partial charge in [0.15, 0.2) is 5.01 Å². The van der Waals surface area contributed by atoms with E-state index in [1.165, 1.54) is 11.5 Å². The summed E-state index contributed by atoms with van der Waals surface area (Å²) in [5, 5.41) is 9.13. The lowest BCUT2D eigenvalue weighted by Crippen LogP contribution is -2.30. The molecule has 116 valence electrons. The number of benzene rings is 3. The first kappa shape index (κ1) is 14.7. The second-order valence-corrected chi connectivity index (χ2v) is 6.25. The van der Waals surface area contributed by atoms with Crippen molar-refractivity contribution < 1.29 is 0 Å². The topological polar surface area (TPSA) is 38.7 Å². The molecule has 4 heteroatoms. The van der Waals surface area contributed by atoms with Gasteiger partial charge < -0.3 is 0 Å². The summed E-state index contributed by atoms with van der Waals surface area (Å²) < 4.78 is 4.05. The second-order valence-electron chi connectivity index (χ2n) is 5.52. The van der Waals surface area contributed by atoms with Crippen LogP contribution in [0.25, 0.3) is 0 Å². The van der Waals surface area contributed by atoms with Crippen molar-refractivity contribution in [3.8, 4) is 0 Å². The molecule has 0 aliphatic rings. The first-order chi connectivity index (χ1) is 11.9. The fraction of sp³-hybridized carbons (Fsp3) is 0.0500. The van der Waals surface area contributed by atoms with E-state index in [0.29, 0.717) is 0 Å². The molecule has 0 aliphatic carbocycles. The molecule has 0 bridgehead atoms. The molecule has 0 fully saturated rings. The largest absolute Gasteiger partial charge is 0.157 e. The quantitative estimate of drug-likeness (QED) is 0.524. The van der Waals surface area contributed by atoms with E-state index in [-0.39, 0.29) is 0 Å². The molecular formula is C20H15N3S. The third-order valence-corrected chi connectivity index (χ3v) is 4.96. The fourth-order valence-electron chi connectivity index (χ4n) is 3.21. The van der Waals surface area contributed by atoms with E-state index in [4.69, 9.17) is 0 Å². The third kappa shape index (κ3) is 2.32. The predicted molar refractivity (Wildman–Crippen MR) is 96.0 cm³/mol. The maximum absolute atomic E-state index is 4.38. The lowest BCUT2D eigenvalue weighted by atomic mass is 9.70. The lowest BCUT2D eigenvalue weighted by Gasteiger charge is -2.33. The van der Waals surface area contributed by atoms with Crippen molar-refractivity contribution in [3.05, 3.63) is 113 Å². The van der Waals surface area contributed by atoms with E-state index in [0.717, 1.165) is 21.7 Å². The highest BCUT2D eigenvalue weighted by atomic mass is 32.1. The molecule has 0 saturated carbocycles. The monoisotopic (exact) mass is 329 g/mol. The molecule has 3 nitrogen and oxygen atoms in total. The van der Waals surface area contributed by atoms with Gasteiger partial charge >= 0.3 is 0 Å². The molecule has 0 spiro atoms. The molecule has 1 heterocycles. The Kier molecular flexibility index (Phi) is 3.89. The lowest BCUT2D eigenvalue weighted by molar-refractivity contribution is 0.716. The van der Waals surface area contributed by atoms with Crippen LogP contribution < -0.4 is 0 Å². The van der Waals surface area contributed by atoms with Crippen LogP contribution in [0.15, 0.2) is 91.0 Å². The Morgan fingerprint density at radius 1 is 0.583 bits per heavy atom. The maximum Gasteiger partial charge on any atom is 0.157 e. The smallest absolute Gasteiger partial charge is 0.120 e. The van der Waals surface area contributed by atoms with Crippen molar-refractivity contribution in [2.24, 2.45) is 0 Å². The minimum atomic E-state index is -0.516. The van der Waals surface area contributed by atoms with Crippen molar-refractivity contribution in [2.45, 2.75) is 5.41 Å². The summed E-state index contributed by atoms with van der Waals surface area (Å²) in [7, 11) is 0. The van der Waals surface area contributed by atoms with Crippen molar-refractivity contribution >= 4 is 11.5 Å². The van der Waals surface area contributed by atoms with Gasteiger partial charge in [0.05, 0.1) is 0 Å². The van der Waals surface area contributed by atoms with E-state index in [9.17, 15) is 0 Å². The molecule has 4 aromatic rings. The van der Waals surface area contributed by atoms with E-state index in [1.54, 1.807) is 0 Å². The molecule has 1 aromatic heterocycles. The number of rotatable bonds is 4. The molecule has 0 saturated heterocycles. The summed E-state index contributed by atoms with van der Waals surface area (Å²) in [4.78, 5) is 0. The van der Waals surface area contributed by atoms with Gasteiger partial charge in [0.1, 0.15) is 5.41 Å². The average molecular weight is 329 g/mol. The SMILES string of the molecule is c1ccc(C(c2ccccc2)(c2ccccc2)c2nnns2)cc1. The summed E-state index contributed by atoms with van der Waals surface area (Å²) >= 11 is 1.34. The van der Waals surface area contributed by atoms with Crippen molar-refractivity contribution in [3.63, 3.8) is 0 Å². The zero-order valence-corrected chi connectivity index (χ0v) is 13.7. The molecule has 24 heavy (non-hydrogen) atoms. The summed E-state index contributed by atoms with van der Waals surface area (Å²) in [5.74, 6) is 0. The van der Waals surface area contributed by atoms with Crippen LogP contribution in [0.4, 0.5) is 0 Å². The summed E-state index contributed by atoms with van der Waals surface area (Å²) in [6.07, 6.45) is 0. The van der Waals surface area contributed by atoms with Gasteiger partial charge in [-0.3, -0.25) is 0 Å². The predicted octanol–water partition coefficient (Wildman–Crippen LogP) is 4.32. The van der Waals surface area contributed by atoms with Crippen LogP contribution in [-0.4, -0.2) is 14.8 Å². The van der Waals surface area contributed by atoms with Gasteiger partial charge in [-0.1, -0.05) is 95.5 Å². The Morgan fingerprint density at radius 3 is 1.33 bits per heavy atom. The molecule has 0 N–H and O–H groups in total. The fourth-order valence-corrected chi connectivity index (χ4v) is 3.93. The summed E-state index contributed by atoms with van der Waals surface area (Å²) in [6.45, 7) is 0. The van der Waals surface area contributed by atoms with Crippen LogP contribution in [0.1, 0.15) is 21.7 Å². The minimum Gasteiger partial charge on any atom is -0.120 e. The molecule has 0 unspecified atom stereocenters. The minimum absolute atomic E-state index is 0.516. The standard InChI is InChI=1S/C20H15N3S/c1-4-10-16(11-5-1)20(19-21-22-23-24-19,17-12-6-2-7-13-17)18-14-8-3-9-15-18/h1-15H. The zero-order valence-electron chi connectivity index (χ0n) is 12.9. The highest BCUT2D eigenvalue weighted by Gasteiger charge is 2.41. The van der Waals surface area contributed by atoms with Crippen LogP contribution >= 0.6 is 11.5 Å². The van der Waals surface area contributed by atoms with Crippen molar-refractivity contribution in [1.82, 2.24) is 14.8 Å². The Labute approximate surface area is 144 Å². The Balaban J connectivity index is 2.12. The Morgan fingerprint density at radius 2 is 1.00 bits per heavy atom. The molecule has 0 aliphatic heterocycles. The highest BCUT2D eigenvalue weighted by molar-refractivity contribution is 7.05. The highest BCUT2D eigenvalue weighted by Crippen LogP contribution is 2.44. The van der Waals surface area contributed by atoms with E-state index < -0.39 is 5.41 Å². The Hall–Kier alpha value is -2.85. The van der Waals surface area contributed by atoms with Gasteiger partial charge in [-0.2, -0.15) is 0 Å². The molecule has 3 aromatic carbocycles. The molecular weight excluding hydrogens is 314 g/mol. The third-order valence-electron chi connectivity index (χ3n) is 4.24. The first-order valence-corrected chi connectivity index (χ1v) is 8.52. The second kappa shape index (κ2) is 6.34. The molecule has 0 radical (unpaired) electrons.